The number of nitrogens with zero attached hydrogens (tertiary/aromatic N) is 1. The van der Waals surface area contributed by atoms with Gasteiger partial charge in [-0.1, -0.05) is 26.8 Å². The van der Waals surface area contributed by atoms with Crippen LogP contribution in [0.3, 0.4) is 0 Å². The van der Waals surface area contributed by atoms with E-state index < -0.39 is 0 Å². The molecule has 0 saturated heterocycles. The van der Waals surface area contributed by atoms with Gasteiger partial charge >= 0.3 is 0 Å². The number of allylic oxidation sites excluding steroid dienone is 1. The summed E-state index contributed by atoms with van der Waals surface area (Å²) in [7, 11) is 1.75. The van der Waals surface area contributed by atoms with Gasteiger partial charge in [0.15, 0.2) is 0 Å². The van der Waals surface area contributed by atoms with Gasteiger partial charge in [-0.3, -0.25) is 4.98 Å². The standard InChI is InChI=1S/C17H25NO2/c1-17(2,3)9-5-6-13-7-8-14(12-18-13)20-16-10-15(11-16)19-4/h5-8,12,15-16H,9-11H2,1-4H3/b6-5+/t15-,16-. The van der Waals surface area contributed by atoms with Gasteiger partial charge in [-0.2, -0.15) is 0 Å². The molecule has 0 aromatic carbocycles. The van der Waals surface area contributed by atoms with Gasteiger partial charge in [0.1, 0.15) is 11.9 Å². The number of hydrogen-bond acceptors (Lipinski definition) is 3. The van der Waals surface area contributed by atoms with E-state index in [0.717, 1.165) is 30.7 Å². The van der Waals surface area contributed by atoms with Gasteiger partial charge in [-0.15, -0.1) is 0 Å². The molecule has 0 spiro atoms. The highest BCUT2D eigenvalue weighted by molar-refractivity contribution is 5.45. The smallest absolute Gasteiger partial charge is 0.138 e. The first-order valence-corrected chi connectivity index (χ1v) is 7.28. The van der Waals surface area contributed by atoms with Crippen molar-refractivity contribution < 1.29 is 9.47 Å². The molecule has 0 unspecified atom stereocenters. The Morgan fingerprint density at radius 2 is 2.00 bits per heavy atom. The van der Waals surface area contributed by atoms with E-state index in [9.17, 15) is 0 Å². The summed E-state index contributed by atoms with van der Waals surface area (Å²) >= 11 is 0. The summed E-state index contributed by atoms with van der Waals surface area (Å²) in [4.78, 5) is 4.41. The molecule has 110 valence electrons. The lowest BCUT2D eigenvalue weighted by molar-refractivity contribution is -0.0382. The van der Waals surface area contributed by atoms with Crippen LogP contribution in [0.2, 0.25) is 0 Å². The van der Waals surface area contributed by atoms with E-state index in [1.807, 2.05) is 12.1 Å². The van der Waals surface area contributed by atoms with Crippen LogP contribution >= 0.6 is 0 Å². The minimum absolute atomic E-state index is 0.282. The van der Waals surface area contributed by atoms with E-state index in [1.165, 1.54) is 0 Å². The lowest BCUT2D eigenvalue weighted by Gasteiger charge is -2.34. The maximum absolute atomic E-state index is 5.83. The summed E-state index contributed by atoms with van der Waals surface area (Å²) in [5.41, 5.74) is 1.30. The molecular weight excluding hydrogens is 250 g/mol. The van der Waals surface area contributed by atoms with Crippen LogP contribution in [-0.4, -0.2) is 24.3 Å². The van der Waals surface area contributed by atoms with Gasteiger partial charge < -0.3 is 9.47 Å². The summed E-state index contributed by atoms with van der Waals surface area (Å²) < 4.78 is 11.1. The molecule has 1 saturated carbocycles. The lowest BCUT2D eigenvalue weighted by atomic mass is 9.92. The van der Waals surface area contributed by atoms with E-state index in [0.29, 0.717) is 11.5 Å². The fourth-order valence-corrected chi connectivity index (χ4v) is 2.09. The maximum Gasteiger partial charge on any atom is 0.138 e. The predicted molar refractivity (Wildman–Crippen MR) is 81.8 cm³/mol. The highest BCUT2D eigenvalue weighted by atomic mass is 16.5. The molecular formula is C17H25NO2. The molecule has 3 nitrogen and oxygen atoms in total. The molecule has 1 aromatic rings. The molecule has 0 N–H and O–H groups in total. The van der Waals surface area contributed by atoms with Crippen LogP contribution in [0.4, 0.5) is 0 Å². The topological polar surface area (TPSA) is 31.4 Å². The van der Waals surface area contributed by atoms with Crippen molar-refractivity contribution in [3.63, 3.8) is 0 Å². The van der Waals surface area contributed by atoms with Crippen molar-refractivity contribution >= 4 is 6.08 Å². The number of rotatable bonds is 5. The molecule has 20 heavy (non-hydrogen) atoms. The largest absolute Gasteiger partial charge is 0.489 e. The Kier molecular flexibility index (Phi) is 4.81. The Bertz CT molecular complexity index is 439. The Hall–Kier alpha value is -1.35. The van der Waals surface area contributed by atoms with Crippen LogP contribution in [0.5, 0.6) is 5.75 Å². The van der Waals surface area contributed by atoms with Crippen LogP contribution in [-0.2, 0) is 4.74 Å². The van der Waals surface area contributed by atoms with E-state index in [2.05, 4.69) is 37.9 Å². The van der Waals surface area contributed by atoms with Crippen LogP contribution in [0.1, 0.15) is 45.7 Å². The van der Waals surface area contributed by atoms with E-state index in [-0.39, 0.29) is 6.10 Å². The highest BCUT2D eigenvalue weighted by Crippen LogP contribution is 2.27. The first kappa shape index (κ1) is 15.0. The van der Waals surface area contributed by atoms with Crippen LogP contribution < -0.4 is 4.74 Å². The van der Waals surface area contributed by atoms with Crippen molar-refractivity contribution in [3.8, 4) is 5.75 Å². The molecule has 3 heteroatoms. The van der Waals surface area contributed by atoms with Crippen LogP contribution in [0.15, 0.2) is 24.4 Å². The van der Waals surface area contributed by atoms with Crippen molar-refractivity contribution in [1.29, 1.82) is 0 Å². The predicted octanol–water partition coefficient (Wildman–Crippen LogP) is 4.09. The van der Waals surface area contributed by atoms with E-state index in [1.54, 1.807) is 13.3 Å². The molecule has 1 heterocycles. The summed E-state index contributed by atoms with van der Waals surface area (Å²) in [6.45, 7) is 6.69. The molecule has 0 bridgehead atoms. The van der Waals surface area contributed by atoms with Crippen molar-refractivity contribution in [2.45, 2.75) is 52.2 Å². The van der Waals surface area contributed by atoms with E-state index >= 15 is 0 Å². The third-order valence-electron chi connectivity index (χ3n) is 3.47. The third-order valence-corrected chi connectivity index (χ3v) is 3.47. The normalized spacial score (nSPS) is 22.8. The molecule has 1 aliphatic carbocycles. The van der Waals surface area contributed by atoms with E-state index in [4.69, 9.17) is 9.47 Å². The molecule has 0 atom stereocenters. The van der Waals surface area contributed by atoms with Gasteiger partial charge in [-0.05, 0) is 30.0 Å². The number of ether oxygens (including phenoxy) is 2. The van der Waals surface area contributed by atoms with Gasteiger partial charge in [0.2, 0.25) is 0 Å². The SMILES string of the molecule is CO[C@H]1C[C@H](Oc2ccc(/C=C/CC(C)(C)C)nc2)C1. The number of methoxy groups -OCH3 is 1. The molecule has 1 aromatic heterocycles. The fraction of sp³-hybridized carbons (Fsp3) is 0.588. The second kappa shape index (κ2) is 6.40. The van der Waals surface area contributed by atoms with Crippen molar-refractivity contribution in [1.82, 2.24) is 4.98 Å². The average Bonchev–Trinajstić information content (AvgIpc) is 2.33. The minimum Gasteiger partial charge on any atom is -0.489 e. The summed E-state index contributed by atoms with van der Waals surface area (Å²) in [5, 5.41) is 0. The summed E-state index contributed by atoms with van der Waals surface area (Å²) in [6, 6.07) is 3.99. The monoisotopic (exact) mass is 275 g/mol. The zero-order valence-electron chi connectivity index (χ0n) is 12.9. The Balaban J connectivity index is 1.81. The van der Waals surface area contributed by atoms with Gasteiger partial charge in [0.25, 0.3) is 0 Å². The second-order valence-electron chi connectivity index (χ2n) is 6.65. The Morgan fingerprint density at radius 3 is 2.55 bits per heavy atom. The van der Waals surface area contributed by atoms with Gasteiger partial charge in [0, 0.05) is 20.0 Å². The number of pyridine rings is 1. The average molecular weight is 275 g/mol. The first-order chi connectivity index (χ1) is 9.46. The second-order valence-corrected chi connectivity index (χ2v) is 6.65. The quantitative estimate of drug-likeness (QED) is 0.811. The molecule has 1 aliphatic rings. The Morgan fingerprint density at radius 1 is 1.25 bits per heavy atom. The maximum atomic E-state index is 5.83. The van der Waals surface area contributed by atoms with Gasteiger partial charge in [-0.25, -0.2) is 0 Å². The number of aromatic nitrogens is 1. The molecule has 1 fully saturated rings. The first-order valence-electron chi connectivity index (χ1n) is 7.28. The van der Waals surface area contributed by atoms with Crippen LogP contribution in [0, 0.1) is 5.41 Å². The fourth-order valence-electron chi connectivity index (χ4n) is 2.09. The van der Waals surface area contributed by atoms with Gasteiger partial charge in [0.05, 0.1) is 18.0 Å². The zero-order valence-corrected chi connectivity index (χ0v) is 12.9. The molecule has 0 radical (unpaired) electrons. The lowest BCUT2D eigenvalue weighted by Crippen LogP contribution is -2.38. The van der Waals surface area contributed by atoms with Crippen molar-refractivity contribution in [3.05, 3.63) is 30.1 Å². The minimum atomic E-state index is 0.282. The summed E-state index contributed by atoms with van der Waals surface area (Å²) in [6.07, 6.45) is 9.70. The Labute approximate surface area is 122 Å². The molecule has 0 aliphatic heterocycles. The highest BCUT2D eigenvalue weighted by Gasteiger charge is 2.30. The third kappa shape index (κ3) is 4.64. The molecule has 2 rings (SSSR count). The summed E-state index contributed by atoms with van der Waals surface area (Å²) in [5.74, 6) is 0.845. The van der Waals surface area contributed by atoms with Crippen LogP contribution in [0.25, 0.3) is 6.08 Å². The number of hydrogen-bond donors (Lipinski definition) is 0. The zero-order chi connectivity index (χ0) is 14.6. The molecule has 0 amide bonds. The van der Waals surface area contributed by atoms with Crippen molar-refractivity contribution in [2.75, 3.05) is 7.11 Å². The van der Waals surface area contributed by atoms with Crippen molar-refractivity contribution in [2.24, 2.45) is 5.41 Å².